The van der Waals surface area contributed by atoms with Gasteiger partial charge in [0.1, 0.15) is 18.0 Å². The van der Waals surface area contributed by atoms with Gasteiger partial charge in [-0.2, -0.15) is 5.26 Å². The second-order valence-electron chi connectivity index (χ2n) is 6.53. The standard InChI is InChI=1S/C24H14F2N4/c25-18-6-1-15(2-7-18)23(28)20(11-12-27)17-5-10-22-21(13-17)24(30-14-29-22)16-3-8-19(26)9-4-16/h1-11,13-14,28H/b20-11-,28-23?. The van der Waals surface area contributed by atoms with Gasteiger partial charge in [-0.3, -0.25) is 5.41 Å². The Labute approximate surface area is 171 Å². The molecule has 144 valence electrons. The lowest BCUT2D eigenvalue weighted by Gasteiger charge is -2.11. The van der Waals surface area contributed by atoms with Crippen LogP contribution in [-0.4, -0.2) is 15.7 Å². The fraction of sp³-hybridized carbons (Fsp3) is 0. The molecule has 3 aromatic carbocycles. The molecule has 0 atom stereocenters. The predicted octanol–water partition coefficient (Wildman–Crippen LogP) is 5.55. The summed E-state index contributed by atoms with van der Waals surface area (Å²) >= 11 is 0. The molecule has 0 radical (unpaired) electrons. The molecular formula is C24H14F2N4. The van der Waals surface area contributed by atoms with Gasteiger partial charge < -0.3 is 0 Å². The summed E-state index contributed by atoms with van der Waals surface area (Å²) in [5.74, 6) is -0.742. The van der Waals surface area contributed by atoms with Gasteiger partial charge in [-0.05, 0) is 66.2 Å². The highest BCUT2D eigenvalue weighted by Crippen LogP contribution is 2.29. The highest BCUT2D eigenvalue weighted by atomic mass is 19.1. The first kappa shape index (κ1) is 19.1. The molecule has 4 rings (SSSR count). The fourth-order valence-electron chi connectivity index (χ4n) is 3.20. The van der Waals surface area contributed by atoms with Crippen molar-refractivity contribution in [1.82, 2.24) is 9.97 Å². The summed E-state index contributed by atoms with van der Waals surface area (Å²) in [7, 11) is 0. The number of hydrogen-bond acceptors (Lipinski definition) is 4. The van der Waals surface area contributed by atoms with Crippen LogP contribution in [0.15, 0.2) is 79.1 Å². The van der Waals surface area contributed by atoms with Gasteiger partial charge in [0.25, 0.3) is 0 Å². The van der Waals surface area contributed by atoms with E-state index in [-0.39, 0.29) is 11.5 Å². The summed E-state index contributed by atoms with van der Waals surface area (Å²) in [4.78, 5) is 8.63. The summed E-state index contributed by atoms with van der Waals surface area (Å²) in [6.45, 7) is 0. The Morgan fingerprint density at radius 3 is 2.17 bits per heavy atom. The monoisotopic (exact) mass is 396 g/mol. The molecule has 0 unspecified atom stereocenters. The Hall–Kier alpha value is -4.24. The summed E-state index contributed by atoms with van der Waals surface area (Å²) in [5.41, 5.74) is 3.61. The van der Waals surface area contributed by atoms with Crippen molar-refractivity contribution >= 4 is 22.2 Å². The molecule has 1 aromatic heterocycles. The lowest BCUT2D eigenvalue weighted by Crippen LogP contribution is -2.03. The Kier molecular flexibility index (Phi) is 5.10. The van der Waals surface area contributed by atoms with Gasteiger partial charge in [-0.1, -0.05) is 6.07 Å². The fourth-order valence-corrected chi connectivity index (χ4v) is 3.20. The van der Waals surface area contributed by atoms with Gasteiger partial charge in [0.05, 0.1) is 23.0 Å². The van der Waals surface area contributed by atoms with Crippen molar-refractivity contribution in [3.8, 4) is 17.3 Å². The third-order valence-corrected chi connectivity index (χ3v) is 4.68. The summed E-state index contributed by atoms with van der Waals surface area (Å²) in [5, 5.41) is 18.5. The van der Waals surface area contributed by atoms with E-state index in [1.807, 2.05) is 6.07 Å². The molecule has 4 nitrogen and oxygen atoms in total. The van der Waals surface area contributed by atoms with Gasteiger partial charge in [0.2, 0.25) is 0 Å². The largest absolute Gasteiger partial charge is 0.300 e. The quantitative estimate of drug-likeness (QED) is 0.363. The zero-order valence-corrected chi connectivity index (χ0v) is 15.6. The lowest BCUT2D eigenvalue weighted by molar-refractivity contribution is 0.627. The van der Waals surface area contributed by atoms with E-state index in [1.54, 1.807) is 30.3 Å². The van der Waals surface area contributed by atoms with Gasteiger partial charge in [0.15, 0.2) is 0 Å². The van der Waals surface area contributed by atoms with Crippen molar-refractivity contribution in [3.63, 3.8) is 0 Å². The number of hydrogen-bond donors (Lipinski definition) is 1. The maximum atomic E-state index is 13.3. The SMILES string of the molecule is N#C/C=C(\C(=N)c1ccc(F)cc1)c1ccc2ncnc(-c3ccc(F)cc3)c2c1. The third kappa shape index (κ3) is 3.69. The Morgan fingerprint density at radius 1 is 0.867 bits per heavy atom. The molecule has 1 N–H and O–H groups in total. The van der Waals surface area contributed by atoms with E-state index in [1.165, 1.54) is 48.8 Å². The van der Waals surface area contributed by atoms with Crippen LogP contribution in [0.5, 0.6) is 0 Å². The number of nitrogens with zero attached hydrogens (tertiary/aromatic N) is 3. The van der Waals surface area contributed by atoms with Gasteiger partial charge in [-0.25, -0.2) is 18.7 Å². The average molecular weight is 396 g/mol. The molecule has 0 spiro atoms. The van der Waals surface area contributed by atoms with Gasteiger partial charge in [-0.15, -0.1) is 0 Å². The Balaban J connectivity index is 1.85. The van der Waals surface area contributed by atoms with Crippen LogP contribution in [-0.2, 0) is 0 Å². The van der Waals surface area contributed by atoms with Crippen molar-refractivity contribution in [1.29, 1.82) is 10.7 Å². The number of allylic oxidation sites excluding steroid dienone is 2. The minimum absolute atomic E-state index is 0.0936. The maximum absolute atomic E-state index is 13.3. The van der Waals surface area contributed by atoms with Crippen molar-refractivity contribution in [2.24, 2.45) is 0 Å². The van der Waals surface area contributed by atoms with Gasteiger partial charge in [0, 0.05) is 28.2 Å². The second kappa shape index (κ2) is 8.02. The first-order valence-electron chi connectivity index (χ1n) is 9.02. The topological polar surface area (TPSA) is 73.4 Å². The van der Waals surface area contributed by atoms with Crippen LogP contribution in [0, 0.1) is 28.4 Å². The van der Waals surface area contributed by atoms with Crippen molar-refractivity contribution < 1.29 is 8.78 Å². The number of benzene rings is 3. The molecule has 0 saturated carbocycles. The van der Waals surface area contributed by atoms with E-state index in [0.29, 0.717) is 33.3 Å². The zero-order valence-electron chi connectivity index (χ0n) is 15.6. The molecule has 0 fully saturated rings. The van der Waals surface area contributed by atoms with E-state index in [9.17, 15) is 14.0 Å². The van der Waals surface area contributed by atoms with Crippen LogP contribution >= 0.6 is 0 Å². The number of nitrogens with one attached hydrogen (secondary N) is 1. The molecule has 0 amide bonds. The van der Waals surface area contributed by atoms with Crippen LogP contribution in [0.3, 0.4) is 0 Å². The van der Waals surface area contributed by atoms with E-state index in [0.717, 1.165) is 5.56 Å². The molecule has 30 heavy (non-hydrogen) atoms. The molecule has 0 aliphatic rings. The molecule has 0 aliphatic carbocycles. The number of fused-ring (bicyclic) bond motifs is 1. The number of aromatic nitrogens is 2. The van der Waals surface area contributed by atoms with Crippen molar-refractivity contribution in [2.75, 3.05) is 0 Å². The Morgan fingerprint density at radius 2 is 1.50 bits per heavy atom. The van der Waals surface area contributed by atoms with E-state index in [2.05, 4.69) is 9.97 Å². The highest BCUT2D eigenvalue weighted by molar-refractivity contribution is 6.31. The number of halogens is 2. The van der Waals surface area contributed by atoms with E-state index in [4.69, 9.17) is 5.41 Å². The van der Waals surface area contributed by atoms with Crippen LogP contribution in [0.1, 0.15) is 11.1 Å². The summed E-state index contributed by atoms with van der Waals surface area (Å²) in [6.07, 6.45) is 2.72. The third-order valence-electron chi connectivity index (χ3n) is 4.68. The summed E-state index contributed by atoms with van der Waals surface area (Å²) < 4.78 is 26.6. The van der Waals surface area contributed by atoms with E-state index < -0.39 is 5.82 Å². The second-order valence-corrected chi connectivity index (χ2v) is 6.53. The maximum Gasteiger partial charge on any atom is 0.123 e. The zero-order chi connectivity index (χ0) is 21.1. The predicted molar refractivity (Wildman–Crippen MR) is 112 cm³/mol. The van der Waals surface area contributed by atoms with Crippen LogP contribution in [0.4, 0.5) is 8.78 Å². The van der Waals surface area contributed by atoms with Crippen LogP contribution in [0.2, 0.25) is 0 Å². The molecular weight excluding hydrogens is 382 g/mol. The summed E-state index contributed by atoms with van der Waals surface area (Å²) in [6, 6.07) is 18.9. The highest BCUT2D eigenvalue weighted by Gasteiger charge is 2.14. The Bertz CT molecular complexity index is 1320. The smallest absolute Gasteiger partial charge is 0.123 e. The molecule has 6 heteroatoms. The number of nitriles is 1. The van der Waals surface area contributed by atoms with E-state index >= 15 is 0 Å². The minimum atomic E-state index is -0.399. The molecule has 0 bridgehead atoms. The number of rotatable bonds is 4. The first-order valence-corrected chi connectivity index (χ1v) is 9.02. The first-order chi connectivity index (χ1) is 14.6. The lowest BCUT2D eigenvalue weighted by atomic mass is 9.94. The average Bonchev–Trinajstić information content (AvgIpc) is 2.77. The van der Waals surface area contributed by atoms with Crippen LogP contribution in [0.25, 0.3) is 27.7 Å². The minimum Gasteiger partial charge on any atom is -0.300 e. The van der Waals surface area contributed by atoms with Crippen molar-refractivity contribution in [2.45, 2.75) is 0 Å². The van der Waals surface area contributed by atoms with Gasteiger partial charge >= 0.3 is 0 Å². The molecule has 0 aliphatic heterocycles. The van der Waals surface area contributed by atoms with Crippen LogP contribution < -0.4 is 0 Å². The molecule has 1 heterocycles. The molecule has 0 saturated heterocycles. The molecule has 4 aromatic rings. The van der Waals surface area contributed by atoms with Crippen molar-refractivity contribution in [3.05, 3.63) is 102 Å². The normalized spacial score (nSPS) is 11.3.